The fraction of sp³-hybridized carbons (Fsp3) is 0.226. The number of anilines is 1. The Morgan fingerprint density at radius 1 is 0.605 bits per heavy atom. The van der Waals surface area contributed by atoms with Crippen molar-refractivity contribution in [1.82, 2.24) is 10.9 Å². The minimum absolute atomic E-state index is 0.00204. The lowest BCUT2D eigenvalue weighted by atomic mass is 10.1. The summed E-state index contributed by atoms with van der Waals surface area (Å²) in [5.41, 5.74) is 6.34. The van der Waals surface area contributed by atoms with Gasteiger partial charge in [-0.2, -0.15) is 0 Å². The molecular formula is C31H31N3O9. The maximum atomic E-state index is 13.1. The van der Waals surface area contributed by atoms with E-state index in [0.717, 1.165) is 11.1 Å². The minimum atomic E-state index is -2.27. The average Bonchev–Trinajstić information content (AvgIpc) is 2.98. The summed E-state index contributed by atoms with van der Waals surface area (Å²) in [7, 11) is 0. The lowest BCUT2D eigenvalue weighted by Gasteiger charge is -2.23. The maximum absolute atomic E-state index is 13.1. The molecule has 3 aromatic carbocycles. The maximum Gasteiger partial charge on any atom is 0.349 e. The molecule has 43 heavy (non-hydrogen) atoms. The number of nitrogens with one attached hydrogen (secondary N) is 3. The van der Waals surface area contributed by atoms with E-state index in [-0.39, 0.29) is 28.5 Å². The van der Waals surface area contributed by atoms with Crippen molar-refractivity contribution in [3.05, 3.63) is 101 Å². The highest BCUT2D eigenvalue weighted by Crippen LogP contribution is 2.15. The second kappa shape index (κ2) is 14.4. The number of hydrazine groups is 1. The normalized spacial score (nSPS) is 11.9. The van der Waals surface area contributed by atoms with E-state index in [9.17, 15) is 33.9 Å². The standard InChI is InChI=1S/C31H31N3O9/c1-17(2)26(35)32-23-15-13-20(14-16-23)27(36)33-34-28(37)24(42-30(40)21-9-5-18(3)6-10-21)25(29(38)39)43-31(41)22-11-7-19(4)8-12-22/h5-17,24-25H,1-4H3,(H,32,35)(H,33,36)(H,34,37)(H,38,39)/t24-,25+/m0/s1. The molecule has 0 saturated carbocycles. The van der Waals surface area contributed by atoms with Crippen LogP contribution in [-0.2, 0) is 23.9 Å². The lowest BCUT2D eigenvalue weighted by Crippen LogP contribution is -2.54. The van der Waals surface area contributed by atoms with E-state index in [0.29, 0.717) is 5.69 Å². The van der Waals surface area contributed by atoms with Gasteiger partial charge in [0.25, 0.3) is 11.8 Å². The first kappa shape index (κ1) is 32.0. The Bertz CT molecular complexity index is 1500. The highest BCUT2D eigenvalue weighted by atomic mass is 16.6. The molecule has 0 aliphatic carbocycles. The molecule has 0 saturated heterocycles. The number of benzene rings is 3. The number of carboxylic acids is 1. The Kier molecular flexibility index (Phi) is 10.7. The summed E-state index contributed by atoms with van der Waals surface area (Å²) in [5.74, 6) is -6.47. The first-order chi connectivity index (χ1) is 20.3. The minimum Gasteiger partial charge on any atom is -0.478 e. The topological polar surface area (TPSA) is 177 Å². The number of hydrogen-bond donors (Lipinski definition) is 4. The number of carbonyl (C=O) groups is 6. The molecule has 0 fully saturated rings. The van der Waals surface area contributed by atoms with Crippen molar-refractivity contribution in [2.75, 3.05) is 5.32 Å². The Morgan fingerprint density at radius 2 is 1.05 bits per heavy atom. The molecule has 4 N–H and O–H groups in total. The monoisotopic (exact) mass is 589 g/mol. The molecular weight excluding hydrogens is 558 g/mol. The Balaban J connectivity index is 1.79. The van der Waals surface area contributed by atoms with E-state index >= 15 is 0 Å². The second-order valence-corrected chi connectivity index (χ2v) is 9.89. The number of esters is 2. The summed E-state index contributed by atoms with van der Waals surface area (Å²) < 4.78 is 10.3. The van der Waals surface area contributed by atoms with Gasteiger partial charge < -0.3 is 19.9 Å². The summed E-state index contributed by atoms with van der Waals surface area (Å²) >= 11 is 0. The summed E-state index contributed by atoms with van der Waals surface area (Å²) in [6.07, 6.45) is -4.47. The first-order valence-corrected chi connectivity index (χ1v) is 13.1. The highest BCUT2D eigenvalue weighted by Gasteiger charge is 2.41. The third-order valence-corrected chi connectivity index (χ3v) is 6.06. The Morgan fingerprint density at radius 3 is 1.49 bits per heavy atom. The van der Waals surface area contributed by atoms with Crippen molar-refractivity contribution >= 4 is 41.3 Å². The Hall–Kier alpha value is -5.52. The van der Waals surface area contributed by atoms with Crippen molar-refractivity contribution in [1.29, 1.82) is 0 Å². The zero-order valence-corrected chi connectivity index (χ0v) is 23.9. The summed E-state index contributed by atoms with van der Waals surface area (Å²) in [4.78, 5) is 75.4. The molecule has 3 amide bonds. The molecule has 0 bridgehead atoms. The van der Waals surface area contributed by atoms with Crippen LogP contribution in [-0.4, -0.2) is 52.9 Å². The van der Waals surface area contributed by atoms with Crippen LogP contribution in [0.4, 0.5) is 5.69 Å². The van der Waals surface area contributed by atoms with Gasteiger partial charge in [-0.05, 0) is 62.4 Å². The van der Waals surface area contributed by atoms with Crippen LogP contribution in [0.3, 0.4) is 0 Å². The molecule has 0 aliphatic rings. The molecule has 3 aromatic rings. The number of ether oxygens (including phenoxy) is 2. The van der Waals surface area contributed by atoms with Gasteiger partial charge in [0.15, 0.2) is 0 Å². The number of rotatable bonds is 10. The molecule has 0 aliphatic heterocycles. The summed E-state index contributed by atoms with van der Waals surface area (Å²) in [5, 5.41) is 12.5. The van der Waals surface area contributed by atoms with E-state index < -0.39 is 41.9 Å². The number of aryl methyl sites for hydroxylation is 2. The largest absolute Gasteiger partial charge is 0.478 e. The van der Waals surface area contributed by atoms with E-state index in [1.54, 1.807) is 52.0 Å². The van der Waals surface area contributed by atoms with Gasteiger partial charge in [-0.3, -0.25) is 25.2 Å². The fourth-order valence-electron chi connectivity index (χ4n) is 3.49. The Labute approximate surface area is 247 Å². The van der Waals surface area contributed by atoms with Gasteiger partial charge >= 0.3 is 17.9 Å². The first-order valence-electron chi connectivity index (χ1n) is 13.1. The molecule has 0 radical (unpaired) electrons. The van der Waals surface area contributed by atoms with Gasteiger partial charge in [-0.15, -0.1) is 0 Å². The van der Waals surface area contributed by atoms with Gasteiger partial charge in [0.05, 0.1) is 11.1 Å². The summed E-state index contributed by atoms with van der Waals surface area (Å²) in [6.45, 7) is 7.02. The molecule has 2 atom stereocenters. The quantitative estimate of drug-likeness (QED) is 0.204. The predicted octanol–water partition coefficient (Wildman–Crippen LogP) is 3.19. The van der Waals surface area contributed by atoms with Crippen molar-refractivity contribution in [2.45, 2.75) is 39.9 Å². The summed E-state index contributed by atoms with van der Waals surface area (Å²) in [6, 6.07) is 17.8. The number of aliphatic carboxylic acids is 1. The van der Waals surface area contributed by atoms with Gasteiger partial charge in [0, 0.05) is 17.2 Å². The highest BCUT2D eigenvalue weighted by molar-refractivity contribution is 5.99. The molecule has 0 heterocycles. The van der Waals surface area contributed by atoms with Gasteiger partial charge in [-0.25, -0.2) is 14.4 Å². The van der Waals surface area contributed by atoms with Gasteiger partial charge in [0.2, 0.25) is 18.1 Å². The lowest BCUT2D eigenvalue weighted by molar-refractivity contribution is -0.159. The molecule has 224 valence electrons. The van der Waals surface area contributed by atoms with Crippen molar-refractivity contribution in [2.24, 2.45) is 5.92 Å². The van der Waals surface area contributed by atoms with Gasteiger partial charge in [0.1, 0.15) is 0 Å². The van der Waals surface area contributed by atoms with Crippen molar-refractivity contribution in [3.8, 4) is 0 Å². The molecule has 3 rings (SSSR count). The number of carbonyl (C=O) groups excluding carboxylic acids is 5. The van der Waals surface area contributed by atoms with E-state index in [4.69, 9.17) is 9.47 Å². The third-order valence-electron chi connectivity index (χ3n) is 6.06. The van der Waals surface area contributed by atoms with Crippen LogP contribution in [0.25, 0.3) is 0 Å². The molecule has 12 heteroatoms. The van der Waals surface area contributed by atoms with Crippen molar-refractivity contribution < 1.29 is 43.3 Å². The van der Waals surface area contributed by atoms with Crippen LogP contribution in [0, 0.1) is 19.8 Å². The smallest absolute Gasteiger partial charge is 0.349 e. The molecule has 0 aromatic heterocycles. The zero-order chi connectivity index (χ0) is 31.7. The van der Waals surface area contributed by atoms with Crippen LogP contribution in [0.5, 0.6) is 0 Å². The average molecular weight is 590 g/mol. The van der Waals surface area contributed by atoms with Gasteiger partial charge in [-0.1, -0.05) is 49.2 Å². The van der Waals surface area contributed by atoms with Crippen LogP contribution in [0.2, 0.25) is 0 Å². The van der Waals surface area contributed by atoms with Crippen LogP contribution < -0.4 is 16.2 Å². The molecule has 0 unspecified atom stereocenters. The molecule has 12 nitrogen and oxygen atoms in total. The van der Waals surface area contributed by atoms with Crippen LogP contribution in [0.1, 0.15) is 56.0 Å². The third kappa shape index (κ3) is 8.98. The van der Waals surface area contributed by atoms with E-state index in [1.807, 2.05) is 5.43 Å². The van der Waals surface area contributed by atoms with Crippen LogP contribution >= 0.6 is 0 Å². The number of hydrogen-bond acceptors (Lipinski definition) is 8. The number of carboxylic acid groups (broad SMARTS) is 1. The second-order valence-electron chi connectivity index (χ2n) is 9.89. The van der Waals surface area contributed by atoms with Crippen LogP contribution in [0.15, 0.2) is 72.8 Å². The fourth-order valence-corrected chi connectivity index (χ4v) is 3.49. The predicted molar refractivity (Wildman–Crippen MR) is 154 cm³/mol. The zero-order valence-electron chi connectivity index (χ0n) is 23.9. The van der Waals surface area contributed by atoms with Crippen molar-refractivity contribution in [3.63, 3.8) is 0 Å². The van der Waals surface area contributed by atoms with E-state index in [1.165, 1.54) is 48.5 Å². The SMILES string of the molecule is Cc1ccc(C(=O)O[C@H](C(=O)NNC(=O)c2ccc(NC(=O)C(C)C)cc2)[C@@H](OC(=O)c2ccc(C)cc2)C(=O)O)cc1. The molecule has 0 spiro atoms. The van der Waals surface area contributed by atoms with E-state index in [2.05, 4.69) is 10.7 Å². The number of amides is 3.